The summed E-state index contributed by atoms with van der Waals surface area (Å²) in [6.07, 6.45) is 2.17. The Morgan fingerprint density at radius 1 is 1.29 bits per heavy atom. The van der Waals surface area contributed by atoms with Crippen molar-refractivity contribution in [3.05, 3.63) is 42.1 Å². The van der Waals surface area contributed by atoms with E-state index in [1.165, 1.54) is 0 Å². The highest BCUT2D eigenvalue weighted by Gasteiger charge is 2.03. The Labute approximate surface area is 83.2 Å². The van der Waals surface area contributed by atoms with Crippen LogP contribution in [0.15, 0.2) is 36.5 Å². The largest absolute Gasteiger partial charge is 0.393 e. The minimum absolute atomic E-state index is 0.305. The van der Waals surface area contributed by atoms with Crippen LogP contribution in [0.5, 0.6) is 0 Å². The van der Waals surface area contributed by atoms with Gasteiger partial charge in [-0.25, -0.2) is 0 Å². The molecule has 1 heterocycles. The fraction of sp³-hybridized carbons (Fsp3) is 0.250. The molecule has 1 N–H and O–H groups in total. The highest BCUT2D eigenvalue weighted by atomic mass is 16.3. The van der Waals surface area contributed by atoms with Crippen LogP contribution in [-0.2, 0) is 6.42 Å². The van der Waals surface area contributed by atoms with E-state index in [1.54, 1.807) is 13.1 Å². The number of aliphatic hydroxyl groups is 1. The van der Waals surface area contributed by atoms with E-state index in [1.807, 2.05) is 30.3 Å². The van der Waals surface area contributed by atoms with Crippen molar-refractivity contribution in [1.29, 1.82) is 0 Å². The zero-order valence-corrected chi connectivity index (χ0v) is 8.14. The van der Waals surface area contributed by atoms with Crippen LogP contribution in [0.2, 0.25) is 0 Å². The second-order valence-electron chi connectivity index (χ2n) is 3.54. The van der Waals surface area contributed by atoms with Crippen LogP contribution in [0.1, 0.15) is 12.5 Å². The van der Waals surface area contributed by atoms with Crippen LogP contribution in [-0.4, -0.2) is 16.2 Å². The summed E-state index contributed by atoms with van der Waals surface area (Å²) in [5.74, 6) is 0. The molecule has 1 atom stereocenters. The van der Waals surface area contributed by atoms with Crippen molar-refractivity contribution in [1.82, 2.24) is 4.98 Å². The number of rotatable bonds is 2. The first-order valence-electron chi connectivity index (χ1n) is 4.78. The van der Waals surface area contributed by atoms with E-state index in [-0.39, 0.29) is 6.10 Å². The molecule has 0 aliphatic carbocycles. The van der Waals surface area contributed by atoms with Crippen LogP contribution >= 0.6 is 0 Å². The Balaban J connectivity index is 2.53. The van der Waals surface area contributed by atoms with E-state index in [9.17, 15) is 5.11 Å². The smallest absolute Gasteiger partial charge is 0.0704 e. The number of pyridine rings is 1. The minimum Gasteiger partial charge on any atom is -0.393 e. The molecule has 2 nitrogen and oxygen atoms in total. The number of aromatic nitrogens is 1. The second-order valence-corrected chi connectivity index (χ2v) is 3.54. The maximum atomic E-state index is 9.34. The molecule has 1 unspecified atom stereocenters. The van der Waals surface area contributed by atoms with Gasteiger partial charge in [0.05, 0.1) is 11.6 Å². The van der Waals surface area contributed by atoms with Gasteiger partial charge < -0.3 is 5.11 Å². The summed E-state index contributed by atoms with van der Waals surface area (Å²) in [5, 5.41) is 10.5. The SMILES string of the molecule is CC(O)Cc1ccnc2ccccc12. The van der Waals surface area contributed by atoms with Gasteiger partial charge in [-0.1, -0.05) is 18.2 Å². The molecule has 2 rings (SSSR count). The summed E-state index contributed by atoms with van der Waals surface area (Å²) in [6, 6.07) is 9.97. The van der Waals surface area contributed by atoms with Gasteiger partial charge in [0, 0.05) is 11.6 Å². The number of fused-ring (bicyclic) bond motifs is 1. The average Bonchev–Trinajstić information content (AvgIpc) is 2.18. The lowest BCUT2D eigenvalue weighted by atomic mass is 10.0. The first kappa shape index (κ1) is 9.16. The van der Waals surface area contributed by atoms with Gasteiger partial charge in [0.1, 0.15) is 0 Å². The number of hydrogen-bond acceptors (Lipinski definition) is 2. The molecule has 72 valence electrons. The molecule has 0 aliphatic rings. The van der Waals surface area contributed by atoms with E-state index in [2.05, 4.69) is 4.98 Å². The second kappa shape index (κ2) is 3.76. The topological polar surface area (TPSA) is 33.1 Å². The predicted octanol–water partition coefficient (Wildman–Crippen LogP) is 2.16. The van der Waals surface area contributed by atoms with E-state index in [4.69, 9.17) is 0 Å². The lowest BCUT2D eigenvalue weighted by molar-refractivity contribution is 0.196. The van der Waals surface area contributed by atoms with Gasteiger partial charge in [0.25, 0.3) is 0 Å². The van der Waals surface area contributed by atoms with E-state index < -0.39 is 0 Å². The van der Waals surface area contributed by atoms with Gasteiger partial charge in [0.2, 0.25) is 0 Å². The molecular weight excluding hydrogens is 174 g/mol. The molecule has 0 aliphatic heterocycles. The van der Waals surface area contributed by atoms with Crippen LogP contribution in [0, 0.1) is 0 Å². The molecule has 1 aromatic carbocycles. The summed E-state index contributed by atoms with van der Waals surface area (Å²) in [7, 11) is 0. The molecule has 1 aromatic heterocycles. The lowest BCUT2D eigenvalue weighted by Crippen LogP contribution is -2.04. The van der Waals surface area contributed by atoms with Crippen molar-refractivity contribution in [3.8, 4) is 0 Å². The molecule has 14 heavy (non-hydrogen) atoms. The summed E-state index contributed by atoms with van der Waals surface area (Å²) >= 11 is 0. The number of benzene rings is 1. The molecule has 0 bridgehead atoms. The van der Waals surface area contributed by atoms with Gasteiger partial charge in [-0.05, 0) is 31.0 Å². The van der Waals surface area contributed by atoms with Gasteiger partial charge in [-0.15, -0.1) is 0 Å². The van der Waals surface area contributed by atoms with E-state index in [0.717, 1.165) is 16.5 Å². The molecule has 0 saturated heterocycles. The van der Waals surface area contributed by atoms with Gasteiger partial charge in [-0.3, -0.25) is 4.98 Å². The Morgan fingerprint density at radius 3 is 2.86 bits per heavy atom. The lowest BCUT2D eigenvalue weighted by Gasteiger charge is -2.07. The molecule has 0 amide bonds. The molecule has 0 spiro atoms. The Bertz CT molecular complexity index is 432. The fourth-order valence-electron chi connectivity index (χ4n) is 1.65. The maximum Gasteiger partial charge on any atom is 0.0704 e. The summed E-state index contributed by atoms with van der Waals surface area (Å²) in [6.45, 7) is 1.80. The van der Waals surface area contributed by atoms with Crippen molar-refractivity contribution in [2.45, 2.75) is 19.4 Å². The standard InChI is InChI=1S/C12H13NO/c1-9(14)8-10-6-7-13-12-5-3-2-4-11(10)12/h2-7,9,14H,8H2,1H3. The highest BCUT2D eigenvalue weighted by Crippen LogP contribution is 2.17. The first-order chi connectivity index (χ1) is 6.77. The third kappa shape index (κ3) is 1.75. The Kier molecular flexibility index (Phi) is 2.46. The molecule has 2 heteroatoms. The van der Waals surface area contributed by atoms with Crippen molar-refractivity contribution in [2.24, 2.45) is 0 Å². The van der Waals surface area contributed by atoms with E-state index >= 15 is 0 Å². The zero-order chi connectivity index (χ0) is 9.97. The van der Waals surface area contributed by atoms with E-state index in [0.29, 0.717) is 6.42 Å². The molecule has 0 fully saturated rings. The van der Waals surface area contributed by atoms with Gasteiger partial charge in [0.15, 0.2) is 0 Å². The molecule has 2 aromatic rings. The fourth-order valence-corrected chi connectivity index (χ4v) is 1.65. The van der Waals surface area contributed by atoms with Crippen molar-refractivity contribution in [2.75, 3.05) is 0 Å². The van der Waals surface area contributed by atoms with Crippen LogP contribution in [0.3, 0.4) is 0 Å². The summed E-state index contributed by atoms with van der Waals surface area (Å²) < 4.78 is 0. The zero-order valence-electron chi connectivity index (χ0n) is 8.14. The number of para-hydroxylation sites is 1. The third-order valence-corrected chi connectivity index (χ3v) is 2.25. The monoisotopic (exact) mass is 187 g/mol. The first-order valence-corrected chi connectivity index (χ1v) is 4.78. The minimum atomic E-state index is -0.305. The number of aliphatic hydroxyl groups excluding tert-OH is 1. The molecule has 0 radical (unpaired) electrons. The maximum absolute atomic E-state index is 9.34. The molecular formula is C12H13NO. The van der Waals surface area contributed by atoms with Crippen LogP contribution < -0.4 is 0 Å². The summed E-state index contributed by atoms with van der Waals surface area (Å²) in [5.41, 5.74) is 2.15. The summed E-state index contributed by atoms with van der Waals surface area (Å²) in [4.78, 5) is 4.27. The van der Waals surface area contributed by atoms with Gasteiger partial charge in [-0.2, -0.15) is 0 Å². The van der Waals surface area contributed by atoms with Crippen molar-refractivity contribution >= 4 is 10.9 Å². The number of hydrogen-bond donors (Lipinski definition) is 1. The Hall–Kier alpha value is -1.41. The Morgan fingerprint density at radius 2 is 2.07 bits per heavy atom. The van der Waals surface area contributed by atoms with Crippen LogP contribution in [0.25, 0.3) is 10.9 Å². The highest BCUT2D eigenvalue weighted by molar-refractivity contribution is 5.81. The predicted molar refractivity (Wildman–Crippen MR) is 57.1 cm³/mol. The molecule has 0 saturated carbocycles. The average molecular weight is 187 g/mol. The van der Waals surface area contributed by atoms with Crippen molar-refractivity contribution in [3.63, 3.8) is 0 Å². The quantitative estimate of drug-likeness (QED) is 0.781. The third-order valence-electron chi connectivity index (χ3n) is 2.25. The van der Waals surface area contributed by atoms with Crippen molar-refractivity contribution < 1.29 is 5.11 Å². The number of nitrogens with zero attached hydrogens (tertiary/aromatic N) is 1. The normalized spacial score (nSPS) is 13.0. The van der Waals surface area contributed by atoms with Crippen LogP contribution in [0.4, 0.5) is 0 Å². The van der Waals surface area contributed by atoms with Gasteiger partial charge >= 0.3 is 0 Å².